The van der Waals surface area contributed by atoms with Gasteiger partial charge in [-0.2, -0.15) is 0 Å². The Hall–Kier alpha value is -4.06. The Bertz CT molecular complexity index is 1320. The van der Waals surface area contributed by atoms with Gasteiger partial charge in [-0.3, -0.25) is 0 Å². The van der Waals surface area contributed by atoms with Crippen molar-refractivity contribution in [1.82, 2.24) is 0 Å². The van der Waals surface area contributed by atoms with E-state index in [-0.39, 0.29) is 5.75 Å². The summed E-state index contributed by atoms with van der Waals surface area (Å²) in [6.07, 6.45) is 0.893. The highest BCUT2D eigenvalue weighted by Gasteiger charge is 2.17. The van der Waals surface area contributed by atoms with Crippen LogP contribution in [0.2, 0.25) is 0 Å². The summed E-state index contributed by atoms with van der Waals surface area (Å²) in [5.41, 5.74) is 3.04. The van der Waals surface area contributed by atoms with Crippen LogP contribution in [0.4, 0.5) is 11.4 Å². The molecule has 32 heavy (non-hydrogen) atoms. The smallest absolute Gasteiger partial charge is 0.343 e. The number of carbonyl (C=O) groups is 1. The van der Waals surface area contributed by atoms with Crippen molar-refractivity contribution in [2.75, 3.05) is 19.1 Å². The van der Waals surface area contributed by atoms with E-state index >= 15 is 0 Å². The second-order valence-electron chi connectivity index (χ2n) is 7.28. The van der Waals surface area contributed by atoms with Gasteiger partial charge in [0.2, 0.25) is 0 Å². The minimum Gasteiger partial charge on any atom is -0.493 e. The van der Waals surface area contributed by atoms with Gasteiger partial charge in [-0.25, -0.2) is 9.59 Å². The molecule has 4 aromatic rings. The molecule has 0 radical (unpaired) electrons. The predicted octanol–water partition coefficient (Wildman–Crippen LogP) is 5.35. The van der Waals surface area contributed by atoms with Crippen LogP contribution in [0, 0.1) is 0 Å². The van der Waals surface area contributed by atoms with E-state index in [1.54, 1.807) is 30.3 Å². The van der Waals surface area contributed by atoms with Crippen molar-refractivity contribution in [3.05, 3.63) is 94.3 Å². The van der Waals surface area contributed by atoms with Crippen molar-refractivity contribution in [3.63, 3.8) is 0 Å². The first-order chi connectivity index (χ1) is 15.5. The predicted molar refractivity (Wildman–Crippen MR) is 124 cm³/mol. The summed E-state index contributed by atoms with van der Waals surface area (Å²) in [7, 11) is 3.35. The van der Waals surface area contributed by atoms with Gasteiger partial charge in [-0.05, 0) is 48.4 Å². The first kappa shape index (κ1) is 21.2. The van der Waals surface area contributed by atoms with Gasteiger partial charge in [0, 0.05) is 30.3 Å². The maximum atomic E-state index is 12.7. The maximum Gasteiger partial charge on any atom is 0.343 e. The molecule has 6 nitrogen and oxygen atoms in total. The van der Waals surface area contributed by atoms with Crippen LogP contribution in [-0.2, 0) is 6.42 Å². The van der Waals surface area contributed by atoms with Gasteiger partial charge < -0.3 is 18.8 Å². The summed E-state index contributed by atoms with van der Waals surface area (Å²) in [5, 5.41) is 0.792. The number of carbonyl (C=O) groups excluding carboxylic acids is 1. The number of methoxy groups -OCH3 is 1. The molecule has 0 aliphatic heterocycles. The molecular formula is C26H23NO5. The molecular weight excluding hydrogens is 406 g/mol. The van der Waals surface area contributed by atoms with E-state index in [1.165, 1.54) is 13.2 Å². The highest BCUT2D eigenvalue weighted by molar-refractivity contribution is 5.93. The Labute approximate surface area is 185 Å². The van der Waals surface area contributed by atoms with Gasteiger partial charge in [-0.1, -0.05) is 31.2 Å². The summed E-state index contributed by atoms with van der Waals surface area (Å²) < 4.78 is 16.3. The number of ether oxygens (including phenoxy) is 2. The zero-order chi connectivity index (χ0) is 22.7. The zero-order valence-corrected chi connectivity index (χ0v) is 18.1. The number of nitrogens with zero attached hydrogens (tertiary/aromatic N) is 1. The molecule has 162 valence electrons. The van der Waals surface area contributed by atoms with Crippen LogP contribution in [0.1, 0.15) is 22.8 Å². The van der Waals surface area contributed by atoms with E-state index < -0.39 is 11.6 Å². The van der Waals surface area contributed by atoms with Crippen molar-refractivity contribution >= 4 is 28.3 Å². The third-order valence-corrected chi connectivity index (χ3v) is 5.32. The lowest BCUT2D eigenvalue weighted by atomic mass is 10.1. The van der Waals surface area contributed by atoms with E-state index in [1.807, 2.05) is 48.3 Å². The summed E-state index contributed by atoms with van der Waals surface area (Å²) >= 11 is 0. The van der Waals surface area contributed by atoms with E-state index in [4.69, 9.17) is 13.9 Å². The van der Waals surface area contributed by atoms with Gasteiger partial charge in [0.1, 0.15) is 5.58 Å². The molecule has 0 N–H and O–H groups in total. The Balaban J connectivity index is 1.69. The quantitative estimate of drug-likeness (QED) is 0.234. The molecule has 0 amide bonds. The SMILES string of the molecule is CCc1ccc(C(=O)Oc2cc(N(C)c3cc(=O)oc4ccccc34)ccc2OC)cc1. The lowest BCUT2D eigenvalue weighted by Crippen LogP contribution is -2.14. The molecule has 0 saturated carbocycles. The van der Waals surface area contributed by atoms with Crippen molar-refractivity contribution < 1.29 is 18.7 Å². The van der Waals surface area contributed by atoms with Crippen LogP contribution < -0.4 is 20.0 Å². The minimum absolute atomic E-state index is 0.286. The molecule has 0 saturated heterocycles. The molecule has 3 aromatic carbocycles. The molecule has 1 aromatic heterocycles. The van der Waals surface area contributed by atoms with E-state index in [0.29, 0.717) is 28.3 Å². The summed E-state index contributed by atoms with van der Waals surface area (Å²) in [4.78, 5) is 26.6. The van der Waals surface area contributed by atoms with Crippen LogP contribution in [-0.4, -0.2) is 20.1 Å². The number of rotatable bonds is 6. The van der Waals surface area contributed by atoms with E-state index in [0.717, 1.165) is 17.4 Å². The fraction of sp³-hybridized carbons (Fsp3) is 0.154. The van der Waals surface area contributed by atoms with Crippen molar-refractivity contribution in [2.45, 2.75) is 13.3 Å². The molecule has 0 spiro atoms. The number of fused-ring (bicyclic) bond motifs is 1. The molecule has 0 aliphatic carbocycles. The first-order valence-corrected chi connectivity index (χ1v) is 10.3. The van der Waals surface area contributed by atoms with Crippen LogP contribution in [0.3, 0.4) is 0 Å². The summed E-state index contributed by atoms with van der Waals surface area (Å²) in [5.74, 6) is 0.239. The molecule has 4 rings (SSSR count). The molecule has 0 unspecified atom stereocenters. The second-order valence-corrected chi connectivity index (χ2v) is 7.28. The highest BCUT2D eigenvalue weighted by Crippen LogP contribution is 2.36. The van der Waals surface area contributed by atoms with Gasteiger partial charge in [0.15, 0.2) is 11.5 Å². The Kier molecular flexibility index (Phi) is 5.94. The number of hydrogen-bond acceptors (Lipinski definition) is 6. The van der Waals surface area contributed by atoms with E-state index in [9.17, 15) is 9.59 Å². The summed E-state index contributed by atoms with van der Waals surface area (Å²) in [6.45, 7) is 2.06. The minimum atomic E-state index is -0.475. The molecule has 1 heterocycles. The van der Waals surface area contributed by atoms with Gasteiger partial charge in [-0.15, -0.1) is 0 Å². The lowest BCUT2D eigenvalue weighted by Gasteiger charge is -2.22. The average Bonchev–Trinajstić information content (AvgIpc) is 2.83. The first-order valence-electron chi connectivity index (χ1n) is 10.3. The number of anilines is 2. The normalized spacial score (nSPS) is 10.7. The van der Waals surface area contributed by atoms with Crippen molar-refractivity contribution in [2.24, 2.45) is 0 Å². The van der Waals surface area contributed by atoms with Crippen LogP contribution in [0.5, 0.6) is 11.5 Å². The summed E-state index contributed by atoms with van der Waals surface area (Å²) in [6, 6.07) is 21.3. The molecule has 6 heteroatoms. The van der Waals surface area contributed by atoms with Crippen molar-refractivity contribution in [3.8, 4) is 11.5 Å². The number of aryl methyl sites for hydroxylation is 1. The standard InChI is InChI=1S/C26H23NO5/c1-4-17-9-11-18(12-10-17)26(29)32-24-15-19(13-14-23(24)30-3)27(2)21-16-25(28)31-22-8-6-5-7-20(21)22/h5-16H,4H2,1-3H3. The Morgan fingerprint density at radius 3 is 2.44 bits per heavy atom. The fourth-order valence-electron chi connectivity index (χ4n) is 3.50. The van der Waals surface area contributed by atoms with Crippen LogP contribution in [0.25, 0.3) is 11.0 Å². The monoisotopic (exact) mass is 429 g/mol. The van der Waals surface area contributed by atoms with Crippen LogP contribution >= 0.6 is 0 Å². The third-order valence-electron chi connectivity index (χ3n) is 5.32. The molecule has 0 aliphatic rings. The number of esters is 1. The average molecular weight is 429 g/mol. The number of para-hydroxylation sites is 1. The third kappa shape index (κ3) is 4.21. The van der Waals surface area contributed by atoms with Crippen LogP contribution in [0.15, 0.2) is 82.0 Å². The van der Waals surface area contributed by atoms with Crippen molar-refractivity contribution in [1.29, 1.82) is 0 Å². The highest BCUT2D eigenvalue weighted by atomic mass is 16.6. The van der Waals surface area contributed by atoms with E-state index in [2.05, 4.69) is 6.92 Å². The number of hydrogen-bond donors (Lipinski definition) is 0. The van der Waals surface area contributed by atoms with Gasteiger partial charge in [0.05, 0.1) is 18.4 Å². The Morgan fingerprint density at radius 1 is 0.969 bits per heavy atom. The van der Waals surface area contributed by atoms with Gasteiger partial charge >= 0.3 is 11.6 Å². The topological polar surface area (TPSA) is 69.0 Å². The molecule has 0 fully saturated rings. The molecule has 0 atom stereocenters. The largest absolute Gasteiger partial charge is 0.493 e. The molecule has 0 bridgehead atoms. The lowest BCUT2D eigenvalue weighted by molar-refractivity contribution is 0.0730. The number of benzene rings is 3. The Morgan fingerprint density at radius 2 is 1.72 bits per heavy atom. The van der Waals surface area contributed by atoms with Gasteiger partial charge in [0.25, 0.3) is 0 Å². The zero-order valence-electron chi connectivity index (χ0n) is 18.1. The second kappa shape index (κ2) is 8.98. The maximum absolute atomic E-state index is 12.7. The fourth-order valence-corrected chi connectivity index (χ4v) is 3.50.